The van der Waals surface area contributed by atoms with Crippen molar-refractivity contribution in [2.24, 2.45) is 5.92 Å². The molecule has 0 unspecified atom stereocenters. The number of anilines is 2. The van der Waals surface area contributed by atoms with Crippen LogP contribution in [0, 0.1) is 5.92 Å². The van der Waals surface area contributed by atoms with E-state index in [0.29, 0.717) is 12.5 Å². The van der Waals surface area contributed by atoms with Crippen molar-refractivity contribution < 1.29 is 14.3 Å². The van der Waals surface area contributed by atoms with Gasteiger partial charge in [-0.1, -0.05) is 46.1 Å². The van der Waals surface area contributed by atoms with Gasteiger partial charge in [0.2, 0.25) is 5.91 Å². The number of amides is 1. The lowest BCUT2D eigenvalue weighted by atomic mass is 10.2. The number of rotatable bonds is 13. The van der Waals surface area contributed by atoms with Crippen molar-refractivity contribution in [3.05, 3.63) is 48.5 Å². The van der Waals surface area contributed by atoms with Crippen molar-refractivity contribution >= 4 is 17.3 Å². The smallest absolute Gasteiger partial charge is 0.243 e. The van der Waals surface area contributed by atoms with Crippen LogP contribution >= 0.6 is 0 Å². The number of ether oxygens (including phenoxy) is 2. The Morgan fingerprint density at radius 3 is 2.45 bits per heavy atom. The number of benzene rings is 2. The molecule has 29 heavy (non-hydrogen) atoms. The lowest BCUT2D eigenvalue weighted by molar-refractivity contribution is -0.114. The van der Waals surface area contributed by atoms with Gasteiger partial charge < -0.3 is 20.1 Å². The lowest BCUT2D eigenvalue weighted by Gasteiger charge is -2.11. The number of hydrogen-bond acceptors (Lipinski definition) is 4. The van der Waals surface area contributed by atoms with Gasteiger partial charge in [0.15, 0.2) is 0 Å². The Balaban J connectivity index is 1.73. The highest BCUT2D eigenvalue weighted by molar-refractivity contribution is 5.93. The van der Waals surface area contributed by atoms with Gasteiger partial charge in [-0.05, 0) is 48.7 Å². The van der Waals surface area contributed by atoms with E-state index in [4.69, 9.17) is 9.47 Å². The van der Waals surface area contributed by atoms with Gasteiger partial charge >= 0.3 is 0 Å². The average molecular weight is 399 g/mol. The van der Waals surface area contributed by atoms with E-state index in [1.54, 1.807) is 0 Å². The minimum Gasteiger partial charge on any atom is -0.494 e. The summed E-state index contributed by atoms with van der Waals surface area (Å²) in [6.45, 7) is 8.00. The van der Waals surface area contributed by atoms with Gasteiger partial charge in [0.25, 0.3) is 0 Å². The first-order valence-electron chi connectivity index (χ1n) is 10.6. The second kappa shape index (κ2) is 12.7. The van der Waals surface area contributed by atoms with Gasteiger partial charge in [-0.2, -0.15) is 0 Å². The number of carbonyl (C=O) groups excluding carboxylic acids is 1. The normalized spacial score (nSPS) is 10.6. The van der Waals surface area contributed by atoms with Crippen molar-refractivity contribution in [3.63, 3.8) is 0 Å². The molecule has 2 rings (SSSR count). The van der Waals surface area contributed by atoms with Crippen molar-refractivity contribution in [2.75, 3.05) is 30.4 Å². The molecule has 0 heterocycles. The molecule has 0 fully saturated rings. The van der Waals surface area contributed by atoms with Crippen LogP contribution in [-0.4, -0.2) is 25.7 Å². The average Bonchev–Trinajstić information content (AvgIpc) is 2.72. The van der Waals surface area contributed by atoms with Gasteiger partial charge in [0, 0.05) is 17.4 Å². The fourth-order valence-corrected chi connectivity index (χ4v) is 2.70. The molecule has 0 atom stereocenters. The fourth-order valence-electron chi connectivity index (χ4n) is 2.70. The highest BCUT2D eigenvalue weighted by Gasteiger charge is 2.04. The number of unbranched alkanes of at least 4 members (excludes halogenated alkanes) is 3. The molecule has 0 saturated heterocycles. The molecule has 5 heteroatoms. The maximum Gasteiger partial charge on any atom is 0.243 e. The summed E-state index contributed by atoms with van der Waals surface area (Å²) >= 11 is 0. The molecule has 0 spiro atoms. The molecule has 0 aliphatic carbocycles. The summed E-state index contributed by atoms with van der Waals surface area (Å²) in [4.78, 5) is 12.2. The summed E-state index contributed by atoms with van der Waals surface area (Å²) < 4.78 is 11.4. The van der Waals surface area contributed by atoms with E-state index in [2.05, 4.69) is 31.4 Å². The molecule has 2 aromatic rings. The van der Waals surface area contributed by atoms with Crippen LogP contribution < -0.4 is 20.1 Å². The molecule has 158 valence electrons. The SMILES string of the molecule is CCCCCCOc1cccc(NCC(=O)Nc2ccc(OCC(C)C)cc2)c1. The van der Waals surface area contributed by atoms with Crippen LogP contribution in [-0.2, 0) is 4.79 Å². The number of hydrogen-bond donors (Lipinski definition) is 2. The summed E-state index contributed by atoms with van der Waals surface area (Å²) in [5.41, 5.74) is 1.61. The van der Waals surface area contributed by atoms with Crippen LogP contribution in [0.15, 0.2) is 48.5 Å². The maximum atomic E-state index is 12.2. The van der Waals surface area contributed by atoms with Gasteiger partial charge in [-0.15, -0.1) is 0 Å². The molecular weight excluding hydrogens is 364 g/mol. The van der Waals surface area contributed by atoms with Gasteiger partial charge in [-0.25, -0.2) is 0 Å². The molecule has 0 radical (unpaired) electrons. The molecule has 1 amide bonds. The van der Waals surface area contributed by atoms with Crippen LogP contribution in [0.4, 0.5) is 11.4 Å². The number of nitrogens with one attached hydrogen (secondary N) is 2. The van der Waals surface area contributed by atoms with E-state index in [0.717, 1.165) is 35.9 Å². The standard InChI is InChI=1S/C24H34N2O3/c1-4-5-6-7-15-28-23-10-8-9-21(16-23)25-17-24(27)26-20-11-13-22(14-12-20)29-18-19(2)3/h8-14,16,19,25H,4-7,15,17-18H2,1-3H3,(H,26,27). The van der Waals surface area contributed by atoms with E-state index in [1.807, 2.05) is 48.5 Å². The zero-order valence-electron chi connectivity index (χ0n) is 17.9. The summed E-state index contributed by atoms with van der Waals surface area (Å²) in [5.74, 6) is 2.00. The third kappa shape index (κ3) is 9.37. The van der Waals surface area contributed by atoms with E-state index < -0.39 is 0 Å². The van der Waals surface area contributed by atoms with Crippen molar-refractivity contribution in [2.45, 2.75) is 46.5 Å². The Hall–Kier alpha value is -2.69. The summed E-state index contributed by atoms with van der Waals surface area (Å²) in [6.07, 6.45) is 4.72. The second-order valence-electron chi connectivity index (χ2n) is 7.57. The van der Waals surface area contributed by atoms with Crippen molar-refractivity contribution in [3.8, 4) is 11.5 Å². The highest BCUT2D eigenvalue weighted by Crippen LogP contribution is 2.19. The minimum atomic E-state index is -0.105. The molecular formula is C24H34N2O3. The van der Waals surface area contributed by atoms with E-state index in [9.17, 15) is 4.79 Å². The first kappa shape index (κ1) is 22.6. The third-order valence-corrected chi connectivity index (χ3v) is 4.28. The molecule has 2 N–H and O–H groups in total. The molecule has 0 saturated carbocycles. The Morgan fingerprint density at radius 1 is 0.931 bits per heavy atom. The predicted octanol–water partition coefficient (Wildman–Crippen LogP) is 5.73. The fraction of sp³-hybridized carbons (Fsp3) is 0.458. The maximum absolute atomic E-state index is 12.2. The lowest BCUT2D eigenvalue weighted by Crippen LogP contribution is -2.21. The molecule has 0 aromatic heterocycles. The zero-order valence-corrected chi connectivity index (χ0v) is 17.9. The molecule has 0 aliphatic rings. The monoisotopic (exact) mass is 398 g/mol. The van der Waals surface area contributed by atoms with Crippen LogP contribution in [0.25, 0.3) is 0 Å². The van der Waals surface area contributed by atoms with Crippen molar-refractivity contribution in [1.29, 1.82) is 0 Å². The van der Waals surface area contributed by atoms with Gasteiger partial charge in [0.1, 0.15) is 11.5 Å². The Bertz CT molecular complexity index is 729. The third-order valence-electron chi connectivity index (χ3n) is 4.28. The van der Waals surface area contributed by atoms with E-state index in [1.165, 1.54) is 19.3 Å². The van der Waals surface area contributed by atoms with Gasteiger partial charge in [-0.3, -0.25) is 4.79 Å². The zero-order chi connectivity index (χ0) is 20.9. The predicted molar refractivity (Wildman–Crippen MR) is 120 cm³/mol. The Morgan fingerprint density at radius 2 is 1.72 bits per heavy atom. The van der Waals surface area contributed by atoms with Crippen molar-refractivity contribution in [1.82, 2.24) is 0 Å². The Kier molecular flexibility index (Phi) is 9.90. The topological polar surface area (TPSA) is 59.6 Å². The first-order valence-corrected chi connectivity index (χ1v) is 10.6. The van der Waals surface area contributed by atoms with E-state index in [-0.39, 0.29) is 12.5 Å². The van der Waals surface area contributed by atoms with E-state index >= 15 is 0 Å². The largest absolute Gasteiger partial charge is 0.494 e. The molecule has 0 aliphatic heterocycles. The Labute approximate surface area is 174 Å². The summed E-state index contributed by atoms with van der Waals surface area (Å²) in [5, 5.41) is 6.03. The van der Waals surface area contributed by atoms with Crippen LogP contribution in [0.5, 0.6) is 11.5 Å². The minimum absolute atomic E-state index is 0.105. The van der Waals surface area contributed by atoms with Crippen LogP contribution in [0.2, 0.25) is 0 Å². The first-order chi connectivity index (χ1) is 14.1. The molecule has 2 aromatic carbocycles. The van der Waals surface area contributed by atoms with Crippen LogP contribution in [0.1, 0.15) is 46.5 Å². The molecule has 5 nitrogen and oxygen atoms in total. The molecule has 0 bridgehead atoms. The second-order valence-corrected chi connectivity index (χ2v) is 7.57. The summed E-state index contributed by atoms with van der Waals surface area (Å²) in [6, 6.07) is 15.2. The van der Waals surface area contributed by atoms with Crippen LogP contribution in [0.3, 0.4) is 0 Å². The highest BCUT2D eigenvalue weighted by atomic mass is 16.5. The quantitative estimate of drug-likeness (QED) is 0.423. The number of carbonyl (C=O) groups is 1. The van der Waals surface area contributed by atoms with Gasteiger partial charge in [0.05, 0.1) is 19.8 Å². The summed E-state index contributed by atoms with van der Waals surface area (Å²) in [7, 11) is 0.